The molecule has 0 saturated carbocycles. The van der Waals surface area contributed by atoms with Gasteiger partial charge in [-0.1, -0.05) is 30.3 Å². The summed E-state index contributed by atoms with van der Waals surface area (Å²) >= 11 is 0. The Labute approximate surface area is 193 Å². The van der Waals surface area contributed by atoms with E-state index in [0.717, 1.165) is 17.8 Å². The molecule has 4 rings (SSSR count). The summed E-state index contributed by atoms with van der Waals surface area (Å²) in [5, 5.41) is 3.04. The molecule has 0 saturated heterocycles. The van der Waals surface area contributed by atoms with E-state index in [1.807, 2.05) is 50.5 Å². The normalized spacial score (nSPS) is 13.0. The maximum absolute atomic E-state index is 13.3. The van der Waals surface area contributed by atoms with Crippen LogP contribution in [0.1, 0.15) is 27.2 Å². The van der Waals surface area contributed by atoms with Gasteiger partial charge in [0.15, 0.2) is 5.82 Å². The number of amides is 2. The van der Waals surface area contributed by atoms with Gasteiger partial charge in [0.25, 0.3) is 5.91 Å². The molecule has 170 valence electrons. The summed E-state index contributed by atoms with van der Waals surface area (Å²) in [6.45, 7) is 1.76. The Kier molecular flexibility index (Phi) is 6.65. The Morgan fingerprint density at radius 2 is 1.76 bits per heavy atom. The molecular weight excluding hydrogens is 416 g/mol. The van der Waals surface area contributed by atoms with Crippen molar-refractivity contribution in [1.82, 2.24) is 19.8 Å². The molecule has 8 heteroatoms. The van der Waals surface area contributed by atoms with Gasteiger partial charge in [-0.15, -0.1) is 0 Å². The van der Waals surface area contributed by atoms with E-state index in [1.165, 1.54) is 5.56 Å². The molecule has 1 aliphatic rings. The number of aromatic nitrogens is 2. The minimum Gasteiger partial charge on any atom is -0.359 e. The van der Waals surface area contributed by atoms with Crippen LogP contribution in [-0.4, -0.2) is 59.3 Å². The molecule has 8 nitrogen and oxygen atoms in total. The summed E-state index contributed by atoms with van der Waals surface area (Å²) in [5.41, 5.74) is 4.07. The standard InChI is InChI=1S/C25H28N6O2/c1-29(2)15-18-8-4-5-9-19(18)16-30(3)25(33)20-12-22-24(27-13-20)28-14-23(32)31(22)17-21-10-6-7-11-26-21/h4-13H,14-17H2,1-3H3,(H,27,28). The summed E-state index contributed by atoms with van der Waals surface area (Å²) in [4.78, 5) is 40.1. The molecule has 1 aliphatic heterocycles. The van der Waals surface area contributed by atoms with Gasteiger partial charge in [0, 0.05) is 32.5 Å². The Morgan fingerprint density at radius 3 is 2.45 bits per heavy atom. The third-order valence-corrected chi connectivity index (χ3v) is 5.52. The van der Waals surface area contributed by atoms with Gasteiger partial charge in [0.1, 0.15) is 0 Å². The predicted octanol–water partition coefficient (Wildman–Crippen LogP) is 2.77. The number of hydrogen-bond donors (Lipinski definition) is 1. The van der Waals surface area contributed by atoms with Crippen LogP contribution in [0.4, 0.5) is 11.5 Å². The Balaban J connectivity index is 1.56. The topological polar surface area (TPSA) is 81.7 Å². The SMILES string of the molecule is CN(C)Cc1ccccc1CN(C)C(=O)c1cnc2c(c1)N(Cc1ccccn1)C(=O)CN2. The van der Waals surface area contributed by atoms with Crippen molar-refractivity contribution in [1.29, 1.82) is 0 Å². The van der Waals surface area contributed by atoms with Crippen LogP contribution in [0.25, 0.3) is 0 Å². The van der Waals surface area contributed by atoms with Crippen molar-refractivity contribution >= 4 is 23.3 Å². The number of benzene rings is 1. The first-order chi connectivity index (χ1) is 15.9. The number of carbonyl (C=O) groups is 2. The lowest BCUT2D eigenvalue weighted by molar-refractivity contribution is -0.117. The lowest BCUT2D eigenvalue weighted by atomic mass is 10.1. The third-order valence-electron chi connectivity index (χ3n) is 5.52. The van der Waals surface area contributed by atoms with E-state index in [4.69, 9.17) is 0 Å². The number of nitrogens with one attached hydrogen (secondary N) is 1. The molecular formula is C25H28N6O2. The molecule has 3 aromatic rings. The minimum atomic E-state index is -0.152. The van der Waals surface area contributed by atoms with E-state index in [1.54, 1.807) is 35.3 Å². The van der Waals surface area contributed by atoms with Gasteiger partial charge in [0.2, 0.25) is 5.91 Å². The summed E-state index contributed by atoms with van der Waals surface area (Å²) in [6, 6.07) is 15.5. The molecule has 2 amide bonds. The monoisotopic (exact) mass is 444 g/mol. The van der Waals surface area contributed by atoms with Gasteiger partial charge in [-0.3, -0.25) is 14.6 Å². The van der Waals surface area contributed by atoms with Crippen LogP contribution in [0.5, 0.6) is 0 Å². The number of anilines is 2. The zero-order valence-electron chi connectivity index (χ0n) is 19.2. The van der Waals surface area contributed by atoms with Gasteiger partial charge < -0.3 is 20.0 Å². The van der Waals surface area contributed by atoms with E-state index in [-0.39, 0.29) is 18.4 Å². The maximum Gasteiger partial charge on any atom is 0.255 e. The maximum atomic E-state index is 13.3. The molecule has 0 fully saturated rings. The van der Waals surface area contributed by atoms with Crippen molar-refractivity contribution in [2.45, 2.75) is 19.6 Å². The highest BCUT2D eigenvalue weighted by molar-refractivity contribution is 6.04. The molecule has 0 radical (unpaired) electrons. The molecule has 0 aliphatic carbocycles. The molecule has 0 spiro atoms. The number of pyridine rings is 2. The number of nitrogens with zero attached hydrogens (tertiary/aromatic N) is 5. The van der Waals surface area contributed by atoms with Crippen molar-refractivity contribution in [3.8, 4) is 0 Å². The number of rotatable bonds is 7. The Hall–Kier alpha value is -3.78. The highest BCUT2D eigenvalue weighted by Gasteiger charge is 2.27. The first kappa shape index (κ1) is 22.4. The van der Waals surface area contributed by atoms with E-state index in [2.05, 4.69) is 26.3 Å². The summed E-state index contributed by atoms with van der Waals surface area (Å²) < 4.78 is 0. The molecule has 1 N–H and O–H groups in total. The highest BCUT2D eigenvalue weighted by atomic mass is 16.2. The molecule has 0 unspecified atom stereocenters. The molecule has 0 bridgehead atoms. The highest BCUT2D eigenvalue weighted by Crippen LogP contribution is 2.30. The average molecular weight is 445 g/mol. The molecule has 3 heterocycles. The van der Waals surface area contributed by atoms with Crippen molar-refractivity contribution in [2.75, 3.05) is 37.9 Å². The van der Waals surface area contributed by atoms with E-state index in [9.17, 15) is 9.59 Å². The second-order valence-corrected chi connectivity index (χ2v) is 8.41. The minimum absolute atomic E-state index is 0.0921. The first-order valence-corrected chi connectivity index (χ1v) is 10.8. The molecule has 33 heavy (non-hydrogen) atoms. The van der Waals surface area contributed by atoms with Gasteiger partial charge in [-0.25, -0.2) is 4.98 Å². The Morgan fingerprint density at radius 1 is 1.03 bits per heavy atom. The second-order valence-electron chi connectivity index (χ2n) is 8.41. The number of fused-ring (bicyclic) bond motifs is 1. The fraction of sp³-hybridized carbons (Fsp3) is 0.280. The van der Waals surface area contributed by atoms with Crippen molar-refractivity contribution < 1.29 is 9.59 Å². The van der Waals surface area contributed by atoms with Crippen LogP contribution in [0, 0.1) is 0 Å². The predicted molar refractivity (Wildman–Crippen MR) is 128 cm³/mol. The Bertz CT molecular complexity index is 1150. The third kappa shape index (κ3) is 5.18. The fourth-order valence-electron chi connectivity index (χ4n) is 3.88. The zero-order valence-corrected chi connectivity index (χ0v) is 19.2. The van der Waals surface area contributed by atoms with Crippen LogP contribution in [0.15, 0.2) is 60.9 Å². The van der Waals surface area contributed by atoms with Gasteiger partial charge in [-0.05, 0) is 43.4 Å². The van der Waals surface area contributed by atoms with Crippen LogP contribution in [0.2, 0.25) is 0 Å². The molecule has 1 aromatic carbocycles. The first-order valence-electron chi connectivity index (χ1n) is 10.8. The van der Waals surface area contributed by atoms with Crippen LogP contribution < -0.4 is 10.2 Å². The molecule has 2 aromatic heterocycles. The van der Waals surface area contributed by atoms with Crippen LogP contribution >= 0.6 is 0 Å². The second kappa shape index (κ2) is 9.79. The van der Waals surface area contributed by atoms with Gasteiger partial charge in [0.05, 0.1) is 30.0 Å². The smallest absolute Gasteiger partial charge is 0.255 e. The van der Waals surface area contributed by atoms with E-state index in [0.29, 0.717) is 30.2 Å². The number of hydrogen-bond acceptors (Lipinski definition) is 6. The average Bonchev–Trinajstić information content (AvgIpc) is 2.81. The number of carbonyl (C=O) groups excluding carboxylic acids is 2. The van der Waals surface area contributed by atoms with Crippen molar-refractivity contribution in [3.63, 3.8) is 0 Å². The van der Waals surface area contributed by atoms with Crippen molar-refractivity contribution in [2.24, 2.45) is 0 Å². The van der Waals surface area contributed by atoms with E-state index < -0.39 is 0 Å². The summed E-state index contributed by atoms with van der Waals surface area (Å²) in [7, 11) is 5.83. The van der Waals surface area contributed by atoms with Gasteiger partial charge in [-0.2, -0.15) is 0 Å². The lowest BCUT2D eigenvalue weighted by Crippen LogP contribution is -2.40. The van der Waals surface area contributed by atoms with Gasteiger partial charge >= 0.3 is 0 Å². The largest absolute Gasteiger partial charge is 0.359 e. The summed E-state index contributed by atoms with van der Waals surface area (Å²) in [6.07, 6.45) is 3.26. The summed E-state index contributed by atoms with van der Waals surface area (Å²) in [5.74, 6) is 0.340. The van der Waals surface area contributed by atoms with Crippen LogP contribution in [-0.2, 0) is 24.4 Å². The fourth-order valence-corrected chi connectivity index (χ4v) is 3.88. The van der Waals surface area contributed by atoms with Crippen LogP contribution in [0.3, 0.4) is 0 Å². The van der Waals surface area contributed by atoms with E-state index >= 15 is 0 Å². The van der Waals surface area contributed by atoms with Crippen molar-refractivity contribution in [3.05, 3.63) is 83.3 Å². The zero-order chi connectivity index (χ0) is 23.4. The quantitative estimate of drug-likeness (QED) is 0.604. The molecule has 0 atom stereocenters. The lowest BCUT2D eigenvalue weighted by Gasteiger charge is -2.30.